The first-order valence-electron chi connectivity index (χ1n) is 5.52. The summed E-state index contributed by atoms with van der Waals surface area (Å²) < 4.78 is 10.6. The molecule has 0 unspecified atom stereocenters. The summed E-state index contributed by atoms with van der Waals surface area (Å²) in [7, 11) is 3.19. The van der Waals surface area contributed by atoms with E-state index in [1.807, 2.05) is 19.1 Å². The average Bonchev–Trinajstić information content (AvgIpc) is 2.30. The van der Waals surface area contributed by atoms with Gasteiger partial charge in [-0.1, -0.05) is 6.07 Å². The van der Waals surface area contributed by atoms with Crippen molar-refractivity contribution in [2.45, 2.75) is 26.2 Å². The molecular formula is C13H18O4. The molecule has 1 rings (SSSR count). The van der Waals surface area contributed by atoms with Crippen molar-refractivity contribution in [2.75, 3.05) is 14.2 Å². The molecule has 0 radical (unpaired) electrons. The molecule has 0 aromatic heterocycles. The Hall–Kier alpha value is -1.71. The average molecular weight is 238 g/mol. The quantitative estimate of drug-likeness (QED) is 0.827. The predicted octanol–water partition coefficient (Wildman–Crippen LogP) is 2.42. The molecule has 0 heterocycles. The summed E-state index contributed by atoms with van der Waals surface area (Å²) in [6, 6.07) is 3.81. The lowest BCUT2D eigenvalue weighted by atomic mass is 10.0. The molecule has 1 N–H and O–H groups in total. The number of carbonyl (C=O) groups is 1. The van der Waals surface area contributed by atoms with E-state index in [4.69, 9.17) is 14.6 Å². The Morgan fingerprint density at radius 3 is 2.53 bits per heavy atom. The van der Waals surface area contributed by atoms with Gasteiger partial charge in [-0.15, -0.1) is 0 Å². The Morgan fingerprint density at radius 1 is 1.29 bits per heavy atom. The third-order valence-electron chi connectivity index (χ3n) is 2.70. The van der Waals surface area contributed by atoms with E-state index in [9.17, 15) is 4.79 Å². The zero-order chi connectivity index (χ0) is 12.8. The Balaban J connectivity index is 2.91. The van der Waals surface area contributed by atoms with Crippen LogP contribution in [0.2, 0.25) is 0 Å². The maximum absolute atomic E-state index is 10.5. The fraction of sp³-hybridized carbons (Fsp3) is 0.462. The first-order valence-corrected chi connectivity index (χ1v) is 5.52. The maximum Gasteiger partial charge on any atom is 0.303 e. The van der Waals surface area contributed by atoms with Crippen molar-refractivity contribution >= 4 is 5.97 Å². The van der Waals surface area contributed by atoms with Crippen LogP contribution < -0.4 is 9.47 Å². The highest BCUT2D eigenvalue weighted by molar-refractivity contribution is 5.66. The molecule has 0 aliphatic rings. The minimum Gasteiger partial charge on any atom is -0.493 e. The molecule has 17 heavy (non-hydrogen) atoms. The smallest absolute Gasteiger partial charge is 0.303 e. The molecule has 0 saturated heterocycles. The van der Waals surface area contributed by atoms with Crippen LogP contribution in [0.15, 0.2) is 12.1 Å². The van der Waals surface area contributed by atoms with E-state index in [1.54, 1.807) is 14.2 Å². The standard InChI is InChI=1S/C13H18O4/c1-9-7-8-11(16-2)13(17-3)10(9)5-4-6-12(14)15/h7-8H,4-6H2,1-3H3,(H,14,15). The van der Waals surface area contributed by atoms with E-state index in [0.717, 1.165) is 11.1 Å². The van der Waals surface area contributed by atoms with Crippen molar-refractivity contribution in [1.82, 2.24) is 0 Å². The van der Waals surface area contributed by atoms with E-state index in [-0.39, 0.29) is 6.42 Å². The predicted molar refractivity (Wildman–Crippen MR) is 64.9 cm³/mol. The van der Waals surface area contributed by atoms with E-state index in [1.165, 1.54) is 0 Å². The highest BCUT2D eigenvalue weighted by Gasteiger charge is 2.12. The highest BCUT2D eigenvalue weighted by atomic mass is 16.5. The summed E-state index contributed by atoms with van der Waals surface area (Å²) in [5.41, 5.74) is 2.11. The Bertz CT molecular complexity index is 399. The molecule has 0 aliphatic heterocycles. The summed E-state index contributed by atoms with van der Waals surface area (Å²) in [5.74, 6) is 0.617. The van der Waals surface area contributed by atoms with Crippen molar-refractivity contribution < 1.29 is 19.4 Å². The number of hydrogen-bond acceptors (Lipinski definition) is 3. The number of rotatable bonds is 6. The molecular weight excluding hydrogens is 220 g/mol. The van der Waals surface area contributed by atoms with Crippen molar-refractivity contribution in [2.24, 2.45) is 0 Å². The van der Waals surface area contributed by atoms with Gasteiger partial charge in [-0.3, -0.25) is 4.79 Å². The SMILES string of the molecule is COc1ccc(C)c(CCCC(=O)O)c1OC. The Morgan fingerprint density at radius 2 is 2.00 bits per heavy atom. The van der Waals surface area contributed by atoms with Gasteiger partial charge in [-0.25, -0.2) is 0 Å². The van der Waals surface area contributed by atoms with Crippen LogP contribution >= 0.6 is 0 Å². The second-order valence-electron chi connectivity index (χ2n) is 3.84. The third-order valence-corrected chi connectivity index (χ3v) is 2.70. The summed E-state index contributed by atoms with van der Waals surface area (Å²) in [5, 5.41) is 8.63. The van der Waals surface area contributed by atoms with E-state index in [2.05, 4.69) is 0 Å². The number of hydrogen-bond donors (Lipinski definition) is 1. The van der Waals surface area contributed by atoms with Crippen LogP contribution in [0.25, 0.3) is 0 Å². The fourth-order valence-corrected chi connectivity index (χ4v) is 1.82. The summed E-state index contributed by atoms with van der Waals surface area (Å²) in [6.45, 7) is 1.98. The molecule has 4 nitrogen and oxygen atoms in total. The zero-order valence-electron chi connectivity index (χ0n) is 10.4. The molecule has 1 aromatic carbocycles. The Kier molecular flexibility index (Phi) is 4.82. The van der Waals surface area contributed by atoms with Gasteiger partial charge in [0, 0.05) is 12.0 Å². The Labute approximate surface area is 101 Å². The van der Waals surface area contributed by atoms with E-state index in [0.29, 0.717) is 24.3 Å². The normalized spacial score (nSPS) is 10.1. The van der Waals surface area contributed by atoms with Gasteiger partial charge in [0.05, 0.1) is 14.2 Å². The van der Waals surface area contributed by atoms with E-state index >= 15 is 0 Å². The number of aliphatic carboxylic acids is 1. The monoisotopic (exact) mass is 238 g/mol. The number of carboxylic acids is 1. The minimum absolute atomic E-state index is 0.166. The van der Waals surface area contributed by atoms with Crippen molar-refractivity contribution in [3.8, 4) is 11.5 Å². The van der Waals surface area contributed by atoms with Gasteiger partial charge in [0.25, 0.3) is 0 Å². The molecule has 0 atom stereocenters. The molecule has 0 saturated carbocycles. The van der Waals surface area contributed by atoms with Gasteiger partial charge >= 0.3 is 5.97 Å². The molecule has 0 spiro atoms. The maximum atomic E-state index is 10.5. The highest BCUT2D eigenvalue weighted by Crippen LogP contribution is 2.34. The molecule has 94 valence electrons. The first-order chi connectivity index (χ1) is 8.10. The van der Waals surface area contributed by atoms with Gasteiger partial charge in [0.1, 0.15) is 0 Å². The van der Waals surface area contributed by atoms with Gasteiger partial charge in [-0.2, -0.15) is 0 Å². The van der Waals surface area contributed by atoms with Crippen molar-refractivity contribution in [1.29, 1.82) is 0 Å². The summed E-state index contributed by atoms with van der Waals surface area (Å²) in [4.78, 5) is 10.5. The first kappa shape index (κ1) is 13.4. The number of benzene rings is 1. The lowest BCUT2D eigenvalue weighted by Crippen LogP contribution is -2.01. The van der Waals surface area contributed by atoms with Crippen molar-refractivity contribution in [3.05, 3.63) is 23.3 Å². The van der Waals surface area contributed by atoms with Crippen LogP contribution in [0.5, 0.6) is 11.5 Å². The second kappa shape index (κ2) is 6.13. The van der Waals surface area contributed by atoms with E-state index < -0.39 is 5.97 Å². The summed E-state index contributed by atoms with van der Waals surface area (Å²) >= 11 is 0. The molecule has 0 aliphatic carbocycles. The number of ether oxygens (including phenoxy) is 2. The van der Waals surface area contributed by atoms with Crippen LogP contribution in [0.4, 0.5) is 0 Å². The lowest BCUT2D eigenvalue weighted by molar-refractivity contribution is -0.137. The van der Waals surface area contributed by atoms with Crippen LogP contribution in [-0.2, 0) is 11.2 Å². The lowest BCUT2D eigenvalue weighted by Gasteiger charge is -2.14. The van der Waals surface area contributed by atoms with Crippen LogP contribution in [-0.4, -0.2) is 25.3 Å². The molecule has 4 heteroatoms. The molecule has 0 bridgehead atoms. The second-order valence-corrected chi connectivity index (χ2v) is 3.84. The fourth-order valence-electron chi connectivity index (χ4n) is 1.82. The van der Waals surface area contributed by atoms with Crippen LogP contribution in [0.1, 0.15) is 24.0 Å². The topological polar surface area (TPSA) is 55.8 Å². The van der Waals surface area contributed by atoms with Gasteiger partial charge in [0.2, 0.25) is 0 Å². The minimum atomic E-state index is -0.774. The number of aryl methyl sites for hydroxylation is 1. The molecule has 1 aromatic rings. The van der Waals surface area contributed by atoms with Crippen LogP contribution in [0.3, 0.4) is 0 Å². The van der Waals surface area contributed by atoms with Gasteiger partial charge < -0.3 is 14.6 Å². The number of methoxy groups -OCH3 is 2. The van der Waals surface area contributed by atoms with Crippen molar-refractivity contribution in [3.63, 3.8) is 0 Å². The largest absolute Gasteiger partial charge is 0.493 e. The summed E-state index contributed by atoms with van der Waals surface area (Å²) in [6.07, 6.45) is 1.44. The number of carboxylic acid groups (broad SMARTS) is 1. The van der Waals surface area contributed by atoms with Gasteiger partial charge in [-0.05, 0) is 31.4 Å². The zero-order valence-corrected chi connectivity index (χ0v) is 10.4. The van der Waals surface area contributed by atoms with Crippen LogP contribution in [0, 0.1) is 6.92 Å². The van der Waals surface area contributed by atoms with Gasteiger partial charge in [0.15, 0.2) is 11.5 Å². The third kappa shape index (κ3) is 3.37. The molecule has 0 fully saturated rings. The molecule has 0 amide bonds.